The van der Waals surface area contributed by atoms with Gasteiger partial charge in [-0.15, -0.1) is 0 Å². The molecule has 5 fully saturated rings. The molecule has 11 rings (SSSR count). The molecule has 0 aliphatic carbocycles. The van der Waals surface area contributed by atoms with Crippen LogP contribution in [0.25, 0.3) is 22.2 Å². The van der Waals surface area contributed by atoms with E-state index in [1.807, 2.05) is 18.2 Å². The van der Waals surface area contributed by atoms with Gasteiger partial charge in [0.05, 0.1) is 11.3 Å². The molecular weight excluding hydrogens is 898 g/mol. The number of ketones is 1. The molecule has 2 aromatic heterocycles. The molecule has 2 bridgehead atoms. The zero-order valence-electron chi connectivity index (χ0n) is 37.2. The number of hydrogen-bond acceptors (Lipinski definition) is 9. The number of hydrogen-bond donors (Lipinski definition) is 3. The first-order valence-electron chi connectivity index (χ1n) is 23.6. The number of halogens is 3. The standard InChI is InChI=1S/C50H51F3N8O6S/c51-34-15-18-59(27-34)68(66,67)57-42-10-9-41(52)45(46(42)53)47(63)40-24-55-48-39(40)22-32(23-54-48)29-1-4-35(5-2-29)61-36-6-7-37(61)20-28(19-36)25-58-16-13-30(14-17-58)31-3-8-38-33(21-31)26-60(50(38)65)43-11-12-44(62)56-49(43)64/h1-5,8-10,21-24,28,30,34,36-37,43,57H,6-7,11-20,25-27H2,(H,54,55)(H,56,62,64)/t28-,34-,36-,37+,43?/m1/s1. The Kier molecular flexibility index (Phi) is 11.4. The fourth-order valence-electron chi connectivity index (χ4n) is 11.8. The van der Waals surface area contributed by atoms with Crippen LogP contribution in [0.5, 0.6) is 0 Å². The van der Waals surface area contributed by atoms with E-state index >= 15 is 8.78 Å². The van der Waals surface area contributed by atoms with Crippen LogP contribution >= 0.6 is 0 Å². The topological polar surface area (TPSA) is 168 Å². The first-order valence-corrected chi connectivity index (χ1v) is 25.0. The summed E-state index contributed by atoms with van der Waals surface area (Å²) in [7, 11) is -4.36. The Bertz CT molecular complexity index is 2960. The highest BCUT2D eigenvalue weighted by Crippen LogP contribution is 2.43. The zero-order chi connectivity index (χ0) is 47.0. The Morgan fingerprint density at radius 1 is 0.868 bits per heavy atom. The summed E-state index contributed by atoms with van der Waals surface area (Å²) in [6, 6.07) is 18.2. The van der Waals surface area contributed by atoms with Crippen LogP contribution in [0.1, 0.15) is 101 Å². The second-order valence-corrected chi connectivity index (χ2v) is 21.0. The van der Waals surface area contributed by atoms with E-state index in [1.54, 1.807) is 17.2 Å². The molecule has 14 nitrogen and oxygen atoms in total. The summed E-state index contributed by atoms with van der Waals surface area (Å²) in [6.45, 7) is 3.03. The number of anilines is 2. The lowest BCUT2D eigenvalue weighted by Gasteiger charge is -2.43. The molecule has 5 atom stereocenters. The number of aromatic amines is 1. The number of carbonyl (C=O) groups is 4. The molecule has 6 aliphatic heterocycles. The lowest BCUT2D eigenvalue weighted by Crippen LogP contribution is -2.52. The summed E-state index contributed by atoms with van der Waals surface area (Å²) in [5.74, 6) is -3.35. The van der Waals surface area contributed by atoms with Crippen molar-refractivity contribution in [1.82, 2.24) is 29.4 Å². The lowest BCUT2D eigenvalue weighted by atomic mass is 9.86. The highest BCUT2D eigenvalue weighted by molar-refractivity contribution is 7.90. The van der Waals surface area contributed by atoms with E-state index in [0.717, 1.165) is 91.4 Å². The molecule has 3 N–H and O–H groups in total. The van der Waals surface area contributed by atoms with Crippen molar-refractivity contribution in [3.63, 3.8) is 0 Å². The minimum absolute atomic E-state index is 0.00560. The fraction of sp³-hybridized carbons (Fsp3) is 0.420. The maximum absolute atomic E-state index is 15.8. The summed E-state index contributed by atoms with van der Waals surface area (Å²) in [4.78, 5) is 65.5. The van der Waals surface area contributed by atoms with Crippen LogP contribution in [0.2, 0.25) is 0 Å². The number of imide groups is 1. The SMILES string of the molecule is O=C1CCC(N2Cc3cc(C4CCN(C[C@@H]5C[C@H]6CC[C@@H](C5)N6c5ccc(-c6cnc7[nH]cc(C(=O)c8c(F)ccc(NS(=O)(=O)N9CC[C@@H](F)C9)c8F)c7c6)cc5)CC4)ccc3C2=O)C(=O)N1. The van der Waals surface area contributed by atoms with Gasteiger partial charge in [-0.2, -0.15) is 12.7 Å². The largest absolute Gasteiger partial charge is 0.366 e. The van der Waals surface area contributed by atoms with E-state index in [4.69, 9.17) is 0 Å². The third-order valence-electron chi connectivity index (χ3n) is 15.2. The highest BCUT2D eigenvalue weighted by Gasteiger charge is 2.42. The Morgan fingerprint density at radius 2 is 1.63 bits per heavy atom. The average Bonchev–Trinajstić information content (AvgIpc) is 4.11. The average molecular weight is 949 g/mol. The van der Waals surface area contributed by atoms with E-state index < -0.39 is 57.0 Å². The van der Waals surface area contributed by atoms with Gasteiger partial charge in [-0.25, -0.2) is 18.2 Å². The second kappa shape index (κ2) is 17.4. The van der Waals surface area contributed by atoms with Crippen molar-refractivity contribution < 1.29 is 40.8 Å². The van der Waals surface area contributed by atoms with Crippen molar-refractivity contribution in [2.75, 3.05) is 42.3 Å². The number of fused-ring (bicyclic) bond motifs is 4. The summed E-state index contributed by atoms with van der Waals surface area (Å²) < 4.78 is 73.4. The summed E-state index contributed by atoms with van der Waals surface area (Å²) in [5.41, 5.74) is 4.30. The molecular formula is C50H51F3N8O6S. The minimum atomic E-state index is -4.36. The van der Waals surface area contributed by atoms with Crippen LogP contribution in [0.15, 0.2) is 73.1 Å². The number of likely N-dealkylation sites (tertiary alicyclic amines) is 1. The predicted molar refractivity (Wildman–Crippen MR) is 248 cm³/mol. The molecule has 3 amide bonds. The van der Waals surface area contributed by atoms with Gasteiger partial charge in [0.15, 0.2) is 5.82 Å². The van der Waals surface area contributed by atoms with Gasteiger partial charge in [0.25, 0.3) is 5.91 Å². The number of alkyl halides is 1. The van der Waals surface area contributed by atoms with Crippen LogP contribution in [0.4, 0.5) is 24.5 Å². The van der Waals surface area contributed by atoms with Crippen molar-refractivity contribution in [3.8, 4) is 11.1 Å². The second-order valence-electron chi connectivity index (χ2n) is 19.4. The van der Waals surface area contributed by atoms with E-state index in [1.165, 1.54) is 11.8 Å². The van der Waals surface area contributed by atoms with Gasteiger partial charge in [0.2, 0.25) is 17.6 Å². The molecule has 5 saturated heterocycles. The Labute approximate surface area is 391 Å². The zero-order valence-corrected chi connectivity index (χ0v) is 38.0. The van der Waals surface area contributed by atoms with E-state index in [0.29, 0.717) is 59.0 Å². The van der Waals surface area contributed by atoms with Crippen molar-refractivity contribution in [2.24, 2.45) is 5.92 Å². The van der Waals surface area contributed by atoms with E-state index in [-0.39, 0.29) is 43.3 Å². The van der Waals surface area contributed by atoms with Gasteiger partial charge in [-0.3, -0.25) is 29.2 Å². The summed E-state index contributed by atoms with van der Waals surface area (Å²) in [5, 5.41) is 2.72. The number of amides is 3. The van der Waals surface area contributed by atoms with Gasteiger partial charge in [-0.05, 0) is 129 Å². The fourth-order valence-corrected chi connectivity index (χ4v) is 13.0. The lowest BCUT2D eigenvalue weighted by molar-refractivity contribution is -0.136. The van der Waals surface area contributed by atoms with Gasteiger partial charge in [-0.1, -0.05) is 24.3 Å². The van der Waals surface area contributed by atoms with Gasteiger partial charge >= 0.3 is 10.2 Å². The van der Waals surface area contributed by atoms with Crippen LogP contribution in [0.3, 0.4) is 0 Å². The Balaban J connectivity index is 0.712. The number of piperidine rings is 3. The Hall–Kier alpha value is -6.11. The minimum Gasteiger partial charge on any atom is -0.366 e. The van der Waals surface area contributed by atoms with Crippen LogP contribution in [-0.2, 0) is 26.3 Å². The van der Waals surface area contributed by atoms with Crippen LogP contribution < -0.4 is 14.9 Å². The number of rotatable bonds is 11. The van der Waals surface area contributed by atoms with Crippen molar-refractivity contribution >= 4 is 56.1 Å². The van der Waals surface area contributed by atoms with Gasteiger partial charge < -0.3 is 19.7 Å². The molecule has 3 aromatic carbocycles. The molecule has 1 unspecified atom stereocenters. The third kappa shape index (κ3) is 8.12. The number of nitrogens with one attached hydrogen (secondary N) is 3. The number of pyridine rings is 1. The number of carbonyl (C=O) groups excluding carboxylic acids is 4. The molecule has 8 heterocycles. The quantitative estimate of drug-likeness (QED) is 0.0951. The molecule has 68 heavy (non-hydrogen) atoms. The smallest absolute Gasteiger partial charge is 0.301 e. The maximum Gasteiger partial charge on any atom is 0.301 e. The van der Waals surface area contributed by atoms with Crippen molar-refractivity contribution in [2.45, 2.75) is 94.5 Å². The van der Waals surface area contributed by atoms with Gasteiger partial charge in [0.1, 0.15) is 23.7 Å². The first-order chi connectivity index (χ1) is 32.8. The molecule has 0 saturated carbocycles. The summed E-state index contributed by atoms with van der Waals surface area (Å²) in [6.07, 6.45) is 8.88. The first kappa shape index (κ1) is 44.4. The van der Waals surface area contributed by atoms with E-state index in [9.17, 15) is 32.0 Å². The van der Waals surface area contributed by atoms with E-state index in [2.05, 4.69) is 54.1 Å². The van der Waals surface area contributed by atoms with Gasteiger partial charge in [0, 0.05) is 84.8 Å². The number of H-pyrrole nitrogens is 1. The summed E-state index contributed by atoms with van der Waals surface area (Å²) >= 11 is 0. The number of nitrogens with zero attached hydrogens (tertiary/aromatic N) is 5. The Morgan fingerprint density at radius 3 is 2.35 bits per heavy atom. The number of aromatic nitrogens is 2. The van der Waals surface area contributed by atoms with Crippen molar-refractivity contribution in [1.29, 1.82) is 0 Å². The maximum atomic E-state index is 15.8. The third-order valence-corrected chi connectivity index (χ3v) is 16.7. The van der Waals surface area contributed by atoms with Crippen LogP contribution in [-0.4, -0.2) is 113 Å². The normalized spacial score (nSPS) is 24.8. The molecule has 354 valence electrons. The molecule has 0 spiro atoms. The molecule has 0 radical (unpaired) electrons. The monoisotopic (exact) mass is 948 g/mol. The molecule has 5 aromatic rings. The highest BCUT2D eigenvalue weighted by atomic mass is 32.2. The molecule has 6 aliphatic rings. The van der Waals surface area contributed by atoms with Crippen molar-refractivity contribution in [3.05, 3.63) is 113 Å². The number of benzene rings is 3. The molecule has 18 heteroatoms. The predicted octanol–water partition coefficient (Wildman–Crippen LogP) is 6.83. The van der Waals surface area contributed by atoms with Crippen LogP contribution in [0, 0.1) is 17.6 Å².